The maximum absolute atomic E-state index is 2.54. The molecule has 0 N–H and O–H groups in total. The van der Waals surface area contributed by atoms with Gasteiger partial charge in [-0.15, -0.1) is 0 Å². The third-order valence-corrected chi connectivity index (χ3v) is 14.3. The molecule has 2 heterocycles. The SMILES string of the molecule is c1ccc(-n2c3ccccc3c3cc(-n4c5ccccc5c5ccc(N(c6ccc7ccc8cccc9ccc6c7c89)c6ccc7ccc8cccc9ccc6c7c89)cc54)ccc32)cc1. The summed E-state index contributed by atoms with van der Waals surface area (Å²) in [6.07, 6.45) is 0. The molecule has 13 aromatic carbocycles. The van der Waals surface area contributed by atoms with E-state index in [4.69, 9.17) is 0 Å². The predicted molar refractivity (Wildman–Crippen MR) is 277 cm³/mol. The molecule has 0 amide bonds. The molecule has 15 rings (SSSR count). The van der Waals surface area contributed by atoms with Crippen LogP contribution in [0.15, 0.2) is 224 Å². The second kappa shape index (κ2) is 12.9. The van der Waals surface area contributed by atoms with Crippen molar-refractivity contribution in [2.24, 2.45) is 0 Å². The number of hydrogen-bond donors (Lipinski definition) is 0. The van der Waals surface area contributed by atoms with E-state index in [1.54, 1.807) is 0 Å². The van der Waals surface area contributed by atoms with Crippen LogP contribution in [-0.2, 0) is 0 Å². The molecule has 0 aliphatic heterocycles. The van der Waals surface area contributed by atoms with Crippen molar-refractivity contribution in [1.29, 1.82) is 0 Å². The van der Waals surface area contributed by atoms with Crippen molar-refractivity contribution in [1.82, 2.24) is 9.13 Å². The fraction of sp³-hybridized carbons (Fsp3) is 0. The number of benzene rings is 13. The van der Waals surface area contributed by atoms with E-state index in [9.17, 15) is 0 Å². The summed E-state index contributed by atoms with van der Waals surface area (Å²) in [5.41, 5.74) is 10.4. The largest absolute Gasteiger partial charge is 0.309 e. The lowest BCUT2D eigenvalue weighted by molar-refractivity contribution is 1.16. The number of hydrogen-bond acceptors (Lipinski definition) is 1. The van der Waals surface area contributed by atoms with Crippen molar-refractivity contribution in [2.45, 2.75) is 0 Å². The fourth-order valence-corrected chi connectivity index (χ4v) is 11.6. The average Bonchev–Trinajstić information content (AvgIpc) is 3.88. The summed E-state index contributed by atoms with van der Waals surface area (Å²) in [7, 11) is 0. The van der Waals surface area contributed by atoms with E-state index in [-0.39, 0.29) is 0 Å². The highest BCUT2D eigenvalue weighted by molar-refractivity contribution is 6.28. The molecule has 65 heavy (non-hydrogen) atoms. The highest BCUT2D eigenvalue weighted by atomic mass is 15.1. The first-order chi connectivity index (χ1) is 32.2. The molecule has 0 aliphatic rings. The number of para-hydroxylation sites is 3. The topological polar surface area (TPSA) is 13.1 Å². The van der Waals surface area contributed by atoms with E-state index in [2.05, 4.69) is 238 Å². The Balaban J connectivity index is 1.03. The van der Waals surface area contributed by atoms with Gasteiger partial charge in [0, 0.05) is 49.4 Å². The molecular weight excluding hydrogens is 787 g/mol. The van der Waals surface area contributed by atoms with Gasteiger partial charge in [0.2, 0.25) is 0 Å². The first-order valence-corrected chi connectivity index (χ1v) is 22.5. The van der Waals surface area contributed by atoms with Crippen molar-refractivity contribution in [3.63, 3.8) is 0 Å². The molecule has 0 saturated heterocycles. The molecule has 0 spiro atoms. The lowest BCUT2D eigenvalue weighted by atomic mass is 9.91. The number of nitrogens with zero attached hydrogens (tertiary/aromatic N) is 3. The summed E-state index contributed by atoms with van der Waals surface area (Å²) in [4.78, 5) is 2.54. The van der Waals surface area contributed by atoms with Crippen molar-refractivity contribution in [2.75, 3.05) is 4.90 Å². The second-order valence-electron chi connectivity index (χ2n) is 17.7. The Morgan fingerprint density at radius 1 is 0.246 bits per heavy atom. The van der Waals surface area contributed by atoms with Gasteiger partial charge in [-0.2, -0.15) is 0 Å². The van der Waals surface area contributed by atoms with Gasteiger partial charge in [-0.1, -0.05) is 158 Å². The summed E-state index contributed by atoms with van der Waals surface area (Å²) in [6.45, 7) is 0. The van der Waals surface area contributed by atoms with Crippen molar-refractivity contribution < 1.29 is 0 Å². The van der Waals surface area contributed by atoms with Crippen LogP contribution >= 0.6 is 0 Å². The normalized spacial score (nSPS) is 12.3. The lowest BCUT2D eigenvalue weighted by Gasteiger charge is -2.29. The zero-order valence-corrected chi connectivity index (χ0v) is 35.2. The van der Waals surface area contributed by atoms with Gasteiger partial charge in [0.25, 0.3) is 0 Å². The molecule has 15 aromatic rings. The van der Waals surface area contributed by atoms with Gasteiger partial charge in [0.1, 0.15) is 0 Å². The van der Waals surface area contributed by atoms with Crippen molar-refractivity contribution in [3.05, 3.63) is 224 Å². The standard InChI is InChI=1S/C62H37N3/c1-2-14-44(15-3-1)63-54-19-7-5-17-48(54)52-36-45(29-35-57(52)63)65-53-18-6-4-16-47(53)49-32-28-46(37-58(49)65)64(55-33-26-42-22-20-38-10-8-12-40-24-30-50(55)61(42)59(38)40)56-34-27-43-23-21-39-11-9-13-41-25-31-51(56)62(43)60(39)41/h1-37H. The van der Waals surface area contributed by atoms with E-state index in [1.165, 1.54) is 103 Å². The second-order valence-corrected chi connectivity index (χ2v) is 17.7. The van der Waals surface area contributed by atoms with Crippen molar-refractivity contribution >= 4 is 125 Å². The van der Waals surface area contributed by atoms with Gasteiger partial charge in [0.05, 0.1) is 33.4 Å². The number of fused-ring (bicyclic) bond motifs is 6. The number of anilines is 3. The molecule has 0 unspecified atom stereocenters. The first-order valence-electron chi connectivity index (χ1n) is 22.5. The lowest BCUT2D eigenvalue weighted by Crippen LogP contribution is -2.11. The molecule has 0 fully saturated rings. The van der Waals surface area contributed by atoms with Crippen LogP contribution in [0.4, 0.5) is 17.1 Å². The van der Waals surface area contributed by atoms with E-state index < -0.39 is 0 Å². The molecule has 0 atom stereocenters. The summed E-state index contributed by atoms with van der Waals surface area (Å²) in [6, 6.07) is 83.6. The predicted octanol–water partition coefficient (Wildman–Crippen LogP) is 17.1. The van der Waals surface area contributed by atoms with Crippen molar-refractivity contribution in [3.8, 4) is 11.4 Å². The Bertz CT molecular complexity index is 4240. The summed E-state index contributed by atoms with van der Waals surface area (Å²) < 4.78 is 4.87. The first kappa shape index (κ1) is 34.9. The molecule has 3 heteroatoms. The number of rotatable bonds is 5. The Morgan fingerprint density at radius 2 is 0.692 bits per heavy atom. The van der Waals surface area contributed by atoms with Crippen LogP contribution in [0, 0.1) is 0 Å². The fourth-order valence-electron chi connectivity index (χ4n) is 11.6. The minimum absolute atomic E-state index is 1.10. The van der Waals surface area contributed by atoms with E-state index in [1.807, 2.05) is 0 Å². The maximum atomic E-state index is 2.54. The van der Waals surface area contributed by atoms with Crippen LogP contribution in [0.5, 0.6) is 0 Å². The molecule has 2 aromatic heterocycles. The summed E-state index contributed by atoms with van der Waals surface area (Å²) in [5, 5.41) is 20.2. The van der Waals surface area contributed by atoms with Gasteiger partial charge in [-0.25, -0.2) is 0 Å². The smallest absolute Gasteiger partial charge is 0.0561 e. The van der Waals surface area contributed by atoms with Crippen LogP contribution in [0.2, 0.25) is 0 Å². The Labute approximate surface area is 373 Å². The summed E-state index contributed by atoms with van der Waals surface area (Å²) in [5.74, 6) is 0. The third-order valence-electron chi connectivity index (χ3n) is 14.3. The van der Waals surface area contributed by atoms with Crippen LogP contribution in [0.1, 0.15) is 0 Å². The number of aromatic nitrogens is 2. The Kier molecular flexibility index (Phi) is 6.95. The van der Waals surface area contributed by atoms with E-state index in [0.29, 0.717) is 0 Å². The third kappa shape index (κ3) is 4.79. The van der Waals surface area contributed by atoms with E-state index >= 15 is 0 Å². The molecular formula is C62H37N3. The monoisotopic (exact) mass is 823 g/mol. The maximum Gasteiger partial charge on any atom is 0.0561 e. The zero-order chi connectivity index (χ0) is 42.3. The van der Waals surface area contributed by atoms with Gasteiger partial charge in [-0.3, -0.25) is 0 Å². The summed E-state index contributed by atoms with van der Waals surface area (Å²) >= 11 is 0. The molecule has 0 saturated carbocycles. The quantitative estimate of drug-likeness (QED) is 0.158. The molecule has 0 bridgehead atoms. The molecule has 3 nitrogen and oxygen atoms in total. The van der Waals surface area contributed by atoms with Gasteiger partial charge >= 0.3 is 0 Å². The minimum atomic E-state index is 1.10. The van der Waals surface area contributed by atoms with Crippen LogP contribution in [0.3, 0.4) is 0 Å². The molecule has 300 valence electrons. The average molecular weight is 824 g/mol. The highest BCUT2D eigenvalue weighted by Crippen LogP contribution is 2.49. The van der Waals surface area contributed by atoms with E-state index in [0.717, 1.165) is 34.0 Å². The Hall–Kier alpha value is -8.66. The minimum Gasteiger partial charge on any atom is -0.309 e. The highest BCUT2D eigenvalue weighted by Gasteiger charge is 2.24. The Morgan fingerprint density at radius 3 is 1.29 bits per heavy atom. The zero-order valence-electron chi connectivity index (χ0n) is 35.2. The molecule has 0 radical (unpaired) electrons. The van der Waals surface area contributed by atoms with Crippen LogP contribution in [-0.4, -0.2) is 9.13 Å². The van der Waals surface area contributed by atoms with Crippen LogP contribution in [0.25, 0.3) is 120 Å². The van der Waals surface area contributed by atoms with Gasteiger partial charge in [-0.05, 0) is 121 Å². The van der Waals surface area contributed by atoms with Crippen LogP contribution < -0.4 is 4.90 Å². The molecule has 0 aliphatic carbocycles. The van der Waals surface area contributed by atoms with Gasteiger partial charge < -0.3 is 14.0 Å². The van der Waals surface area contributed by atoms with Gasteiger partial charge in [0.15, 0.2) is 0 Å².